The van der Waals surface area contributed by atoms with Crippen LogP contribution in [0.25, 0.3) is 0 Å². The van der Waals surface area contributed by atoms with E-state index in [0.717, 1.165) is 6.42 Å². The van der Waals surface area contributed by atoms with Crippen molar-refractivity contribution in [3.8, 4) is 0 Å². The van der Waals surface area contributed by atoms with E-state index in [9.17, 15) is 13.2 Å². The van der Waals surface area contributed by atoms with Crippen LogP contribution >= 0.6 is 0 Å². The standard InChI is InChI=1S/C10H18O4S/c1-4-10(2)5-8(7-15(3,12)13)14-9(11)6-10/h8H,4-7H2,1-3H3. The van der Waals surface area contributed by atoms with Gasteiger partial charge >= 0.3 is 5.97 Å². The number of rotatable bonds is 3. The maximum absolute atomic E-state index is 11.3. The number of sulfone groups is 1. The smallest absolute Gasteiger partial charge is 0.306 e. The summed E-state index contributed by atoms with van der Waals surface area (Å²) in [6.07, 6.45) is 2.60. The molecule has 2 atom stereocenters. The first-order chi connectivity index (χ1) is 6.74. The molecule has 1 heterocycles. The zero-order valence-corrected chi connectivity index (χ0v) is 10.3. The van der Waals surface area contributed by atoms with Crippen molar-refractivity contribution in [2.75, 3.05) is 12.0 Å². The van der Waals surface area contributed by atoms with Gasteiger partial charge in [0.05, 0.1) is 12.2 Å². The number of hydrogen-bond acceptors (Lipinski definition) is 4. The summed E-state index contributed by atoms with van der Waals surface area (Å²) in [6, 6.07) is 0. The summed E-state index contributed by atoms with van der Waals surface area (Å²) in [5.41, 5.74) is -0.106. The lowest BCUT2D eigenvalue weighted by atomic mass is 9.77. The zero-order chi connectivity index (χ0) is 11.7. The third-order valence-electron chi connectivity index (χ3n) is 2.93. The Bertz CT molecular complexity index is 346. The van der Waals surface area contributed by atoms with Crippen LogP contribution in [0.5, 0.6) is 0 Å². The van der Waals surface area contributed by atoms with Gasteiger partial charge in [-0.1, -0.05) is 20.3 Å². The molecule has 0 bridgehead atoms. The second-order valence-electron chi connectivity index (χ2n) is 4.75. The van der Waals surface area contributed by atoms with E-state index < -0.39 is 15.9 Å². The van der Waals surface area contributed by atoms with Crippen molar-refractivity contribution in [1.29, 1.82) is 0 Å². The van der Waals surface area contributed by atoms with E-state index >= 15 is 0 Å². The molecule has 0 aliphatic carbocycles. The van der Waals surface area contributed by atoms with Gasteiger partial charge < -0.3 is 4.74 Å². The molecule has 1 saturated heterocycles. The summed E-state index contributed by atoms with van der Waals surface area (Å²) in [7, 11) is -3.08. The molecule has 88 valence electrons. The fraction of sp³-hybridized carbons (Fsp3) is 0.900. The van der Waals surface area contributed by atoms with Crippen LogP contribution in [0.1, 0.15) is 33.1 Å². The van der Waals surface area contributed by atoms with Crippen LogP contribution in [-0.2, 0) is 19.4 Å². The number of carbonyl (C=O) groups excluding carboxylic acids is 1. The van der Waals surface area contributed by atoms with E-state index in [0.29, 0.717) is 12.8 Å². The highest BCUT2D eigenvalue weighted by Crippen LogP contribution is 2.36. The van der Waals surface area contributed by atoms with E-state index in [1.807, 2.05) is 13.8 Å². The molecule has 15 heavy (non-hydrogen) atoms. The Hall–Kier alpha value is -0.580. The van der Waals surface area contributed by atoms with Gasteiger partial charge in [-0.05, 0) is 11.8 Å². The SMILES string of the molecule is CCC1(C)CC(=O)OC(CS(C)(=O)=O)C1. The first-order valence-corrected chi connectivity index (χ1v) is 7.17. The quantitative estimate of drug-likeness (QED) is 0.687. The van der Waals surface area contributed by atoms with Gasteiger partial charge in [0.1, 0.15) is 6.10 Å². The molecular weight excluding hydrogens is 216 g/mol. The molecule has 1 fully saturated rings. The van der Waals surface area contributed by atoms with Gasteiger partial charge in [0.25, 0.3) is 0 Å². The number of hydrogen-bond donors (Lipinski definition) is 0. The Kier molecular flexibility index (Phi) is 3.43. The van der Waals surface area contributed by atoms with E-state index in [1.54, 1.807) is 0 Å². The van der Waals surface area contributed by atoms with Crippen molar-refractivity contribution in [3.05, 3.63) is 0 Å². The average Bonchev–Trinajstić information content (AvgIpc) is 1.98. The Morgan fingerprint density at radius 3 is 2.60 bits per heavy atom. The summed E-state index contributed by atoms with van der Waals surface area (Å²) in [4.78, 5) is 11.3. The molecule has 0 N–H and O–H groups in total. The molecule has 0 aromatic heterocycles. The lowest BCUT2D eigenvalue weighted by Crippen LogP contribution is -2.39. The Morgan fingerprint density at radius 1 is 1.53 bits per heavy atom. The lowest BCUT2D eigenvalue weighted by molar-refractivity contribution is -0.159. The second kappa shape index (κ2) is 4.12. The monoisotopic (exact) mass is 234 g/mol. The van der Waals surface area contributed by atoms with Gasteiger partial charge in [-0.15, -0.1) is 0 Å². The fourth-order valence-electron chi connectivity index (χ4n) is 1.94. The minimum Gasteiger partial charge on any atom is -0.461 e. The van der Waals surface area contributed by atoms with Crippen LogP contribution in [0, 0.1) is 5.41 Å². The Balaban J connectivity index is 2.72. The molecule has 4 nitrogen and oxygen atoms in total. The van der Waals surface area contributed by atoms with Crippen LogP contribution in [0.15, 0.2) is 0 Å². The van der Waals surface area contributed by atoms with Crippen LogP contribution in [0.2, 0.25) is 0 Å². The van der Waals surface area contributed by atoms with E-state index in [4.69, 9.17) is 4.74 Å². The van der Waals surface area contributed by atoms with Gasteiger partial charge in [-0.2, -0.15) is 0 Å². The number of carbonyl (C=O) groups is 1. The summed E-state index contributed by atoms with van der Waals surface area (Å²) < 4.78 is 27.3. The number of esters is 1. The maximum Gasteiger partial charge on any atom is 0.306 e. The minimum atomic E-state index is -3.08. The van der Waals surface area contributed by atoms with Crippen molar-refractivity contribution in [1.82, 2.24) is 0 Å². The molecule has 1 aliphatic heterocycles. The van der Waals surface area contributed by atoms with Gasteiger partial charge in [0.2, 0.25) is 0 Å². The van der Waals surface area contributed by atoms with Crippen LogP contribution in [0.4, 0.5) is 0 Å². The minimum absolute atomic E-state index is 0.0612. The molecule has 0 spiro atoms. The predicted molar refractivity (Wildman–Crippen MR) is 57.2 cm³/mol. The highest BCUT2D eigenvalue weighted by atomic mass is 32.2. The van der Waals surface area contributed by atoms with Gasteiger partial charge in [-0.25, -0.2) is 8.42 Å². The van der Waals surface area contributed by atoms with Crippen molar-refractivity contribution < 1.29 is 17.9 Å². The second-order valence-corrected chi connectivity index (χ2v) is 6.93. The molecule has 0 aromatic carbocycles. The highest BCUT2D eigenvalue weighted by molar-refractivity contribution is 7.90. The average molecular weight is 234 g/mol. The van der Waals surface area contributed by atoms with E-state index in [-0.39, 0.29) is 17.1 Å². The van der Waals surface area contributed by atoms with Crippen LogP contribution in [-0.4, -0.2) is 32.5 Å². The first kappa shape index (κ1) is 12.5. The first-order valence-electron chi connectivity index (χ1n) is 5.11. The van der Waals surface area contributed by atoms with Crippen molar-refractivity contribution in [2.24, 2.45) is 5.41 Å². The van der Waals surface area contributed by atoms with E-state index in [2.05, 4.69) is 0 Å². The zero-order valence-electron chi connectivity index (χ0n) is 9.45. The van der Waals surface area contributed by atoms with Gasteiger partial charge in [0, 0.05) is 6.26 Å². The van der Waals surface area contributed by atoms with Crippen LogP contribution in [0.3, 0.4) is 0 Å². The molecular formula is C10H18O4S. The maximum atomic E-state index is 11.3. The highest BCUT2D eigenvalue weighted by Gasteiger charge is 2.37. The summed E-state index contributed by atoms with van der Waals surface area (Å²) in [5.74, 6) is -0.340. The molecule has 0 radical (unpaired) electrons. The molecule has 0 saturated carbocycles. The number of ether oxygens (including phenoxy) is 1. The molecule has 1 aliphatic rings. The fourth-order valence-corrected chi connectivity index (χ4v) is 2.80. The number of cyclic esters (lactones) is 1. The molecule has 0 aromatic rings. The van der Waals surface area contributed by atoms with Gasteiger partial charge in [0.15, 0.2) is 9.84 Å². The lowest BCUT2D eigenvalue weighted by Gasteiger charge is -2.36. The third kappa shape index (κ3) is 3.81. The summed E-state index contributed by atoms with van der Waals surface area (Å²) in [5, 5.41) is 0. The van der Waals surface area contributed by atoms with Crippen molar-refractivity contribution in [2.45, 2.75) is 39.2 Å². The van der Waals surface area contributed by atoms with Crippen molar-refractivity contribution >= 4 is 15.8 Å². The Morgan fingerprint density at radius 2 is 2.13 bits per heavy atom. The topological polar surface area (TPSA) is 60.4 Å². The molecule has 1 rings (SSSR count). The molecule has 5 heteroatoms. The third-order valence-corrected chi connectivity index (χ3v) is 3.91. The largest absolute Gasteiger partial charge is 0.461 e. The van der Waals surface area contributed by atoms with Gasteiger partial charge in [-0.3, -0.25) is 4.79 Å². The normalized spacial score (nSPS) is 32.5. The molecule has 2 unspecified atom stereocenters. The summed E-state index contributed by atoms with van der Waals surface area (Å²) >= 11 is 0. The Labute approximate surface area is 90.9 Å². The van der Waals surface area contributed by atoms with E-state index in [1.165, 1.54) is 6.26 Å². The molecule has 0 amide bonds. The summed E-state index contributed by atoms with van der Waals surface area (Å²) in [6.45, 7) is 4.01. The van der Waals surface area contributed by atoms with Crippen molar-refractivity contribution in [3.63, 3.8) is 0 Å². The van der Waals surface area contributed by atoms with Crippen LogP contribution < -0.4 is 0 Å². The predicted octanol–water partition coefficient (Wildman–Crippen LogP) is 1.15.